The summed E-state index contributed by atoms with van der Waals surface area (Å²) in [5, 5.41) is 3.49. The molecular weight excluding hydrogens is 282 g/mol. The molecule has 5 heteroatoms. The van der Waals surface area contributed by atoms with Crippen molar-refractivity contribution in [2.75, 3.05) is 19.9 Å². The van der Waals surface area contributed by atoms with Crippen LogP contribution in [0, 0.1) is 5.92 Å². The highest BCUT2D eigenvalue weighted by molar-refractivity contribution is 5.75. The molecule has 3 rings (SSSR count). The molecule has 0 saturated carbocycles. The number of hydrogen-bond donors (Lipinski definition) is 1. The molecule has 1 aromatic carbocycles. The number of hydrogen-bond acceptors (Lipinski definition) is 5. The number of carbonyl (C=O) groups is 1. The molecule has 1 aromatic rings. The predicted molar refractivity (Wildman–Crippen MR) is 82.1 cm³/mol. The molecule has 120 valence electrons. The number of benzene rings is 1. The standard InChI is InChI=1S/C17H23NO4/c1-3-5-13-16(17(19)20-4-2)12(9-18-13)11-6-7-14-15(8-11)22-10-21-14/h6-8,12-13,16,18H,3-5,9-10H2,1-2H3. The number of ether oxygens (including phenoxy) is 3. The van der Waals surface area contributed by atoms with Gasteiger partial charge in [0.25, 0.3) is 0 Å². The average molecular weight is 305 g/mol. The molecule has 2 aliphatic rings. The Balaban J connectivity index is 1.85. The van der Waals surface area contributed by atoms with E-state index in [4.69, 9.17) is 14.2 Å². The van der Waals surface area contributed by atoms with E-state index in [-0.39, 0.29) is 30.6 Å². The van der Waals surface area contributed by atoms with Crippen LogP contribution in [0.3, 0.4) is 0 Å². The van der Waals surface area contributed by atoms with Crippen LogP contribution >= 0.6 is 0 Å². The maximum Gasteiger partial charge on any atom is 0.311 e. The van der Waals surface area contributed by atoms with Gasteiger partial charge in [0.15, 0.2) is 11.5 Å². The van der Waals surface area contributed by atoms with Gasteiger partial charge in [0.2, 0.25) is 6.79 Å². The van der Waals surface area contributed by atoms with Crippen LogP contribution in [0.15, 0.2) is 18.2 Å². The van der Waals surface area contributed by atoms with Crippen molar-refractivity contribution < 1.29 is 19.0 Å². The summed E-state index contributed by atoms with van der Waals surface area (Å²) in [5.41, 5.74) is 1.11. The van der Waals surface area contributed by atoms with Crippen LogP contribution < -0.4 is 14.8 Å². The Hall–Kier alpha value is -1.75. The fourth-order valence-electron chi connectivity index (χ4n) is 3.44. The molecule has 3 unspecified atom stereocenters. The van der Waals surface area contributed by atoms with Gasteiger partial charge < -0.3 is 19.5 Å². The Morgan fingerprint density at radius 2 is 2.14 bits per heavy atom. The van der Waals surface area contributed by atoms with E-state index in [1.807, 2.05) is 25.1 Å². The van der Waals surface area contributed by atoms with Crippen LogP contribution in [0.5, 0.6) is 11.5 Å². The summed E-state index contributed by atoms with van der Waals surface area (Å²) in [5.74, 6) is 1.41. The summed E-state index contributed by atoms with van der Waals surface area (Å²) in [6, 6.07) is 6.13. The second kappa shape index (κ2) is 6.57. The van der Waals surface area contributed by atoms with Crippen molar-refractivity contribution in [2.24, 2.45) is 5.92 Å². The summed E-state index contributed by atoms with van der Waals surface area (Å²) >= 11 is 0. The van der Waals surface area contributed by atoms with E-state index in [1.165, 1.54) is 0 Å². The molecular formula is C17H23NO4. The zero-order valence-electron chi connectivity index (χ0n) is 13.1. The van der Waals surface area contributed by atoms with Crippen molar-refractivity contribution in [1.82, 2.24) is 5.32 Å². The summed E-state index contributed by atoms with van der Waals surface area (Å²) in [6.07, 6.45) is 2.02. The Labute approximate surface area is 130 Å². The first-order chi connectivity index (χ1) is 10.7. The Bertz CT molecular complexity index is 545. The van der Waals surface area contributed by atoms with Crippen LogP contribution in [-0.4, -0.2) is 32.0 Å². The molecule has 0 bridgehead atoms. The van der Waals surface area contributed by atoms with Crippen molar-refractivity contribution in [1.29, 1.82) is 0 Å². The maximum absolute atomic E-state index is 12.4. The lowest BCUT2D eigenvalue weighted by Crippen LogP contribution is -2.33. The minimum Gasteiger partial charge on any atom is -0.466 e. The first-order valence-corrected chi connectivity index (χ1v) is 8.04. The third-order valence-electron chi connectivity index (χ3n) is 4.45. The van der Waals surface area contributed by atoms with Gasteiger partial charge in [0, 0.05) is 18.5 Å². The van der Waals surface area contributed by atoms with Gasteiger partial charge in [-0.3, -0.25) is 4.79 Å². The Morgan fingerprint density at radius 3 is 2.91 bits per heavy atom. The summed E-state index contributed by atoms with van der Waals surface area (Å²) in [6.45, 7) is 5.46. The topological polar surface area (TPSA) is 56.8 Å². The van der Waals surface area contributed by atoms with Crippen LogP contribution in [0.2, 0.25) is 0 Å². The lowest BCUT2D eigenvalue weighted by molar-refractivity contribution is -0.148. The van der Waals surface area contributed by atoms with Crippen molar-refractivity contribution in [3.63, 3.8) is 0 Å². The zero-order chi connectivity index (χ0) is 15.5. The van der Waals surface area contributed by atoms with Gasteiger partial charge in [-0.25, -0.2) is 0 Å². The van der Waals surface area contributed by atoms with Gasteiger partial charge >= 0.3 is 5.97 Å². The molecule has 0 amide bonds. The van der Waals surface area contributed by atoms with Crippen LogP contribution in [0.1, 0.15) is 38.2 Å². The van der Waals surface area contributed by atoms with Gasteiger partial charge in [0.1, 0.15) is 0 Å². The van der Waals surface area contributed by atoms with Crippen molar-refractivity contribution in [3.05, 3.63) is 23.8 Å². The second-order valence-electron chi connectivity index (χ2n) is 5.80. The molecule has 2 aliphatic heterocycles. The van der Waals surface area contributed by atoms with Crippen LogP contribution in [0.4, 0.5) is 0 Å². The highest BCUT2D eigenvalue weighted by Crippen LogP contribution is 2.40. The lowest BCUT2D eigenvalue weighted by Gasteiger charge is -2.22. The first kappa shape index (κ1) is 15.2. The second-order valence-corrected chi connectivity index (χ2v) is 5.80. The van der Waals surface area contributed by atoms with Gasteiger partial charge in [0.05, 0.1) is 12.5 Å². The molecule has 1 saturated heterocycles. The molecule has 2 heterocycles. The average Bonchev–Trinajstić information content (AvgIpc) is 3.13. The Morgan fingerprint density at radius 1 is 1.32 bits per heavy atom. The smallest absolute Gasteiger partial charge is 0.311 e. The van der Waals surface area contributed by atoms with E-state index >= 15 is 0 Å². The van der Waals surface area contributed by atoms with Crippen LogP contribution in [0.25, 0.3) is 0 Å². The molecule has 5 nitrogen and oxygen atoms in total. The number of fused-ring (bicyclic) bond motifs is 1. The van der Waals surface area contributed by atoms with Gasteiger partial charge in [-0.05, 0) is 31.0 Å². The highest BCUT2D eigenvalue weighted by Gasteiger charge is 2.42. The van der Waals surface area contributed by atoms with Gasteiger partial charge in [-0.2, -0.15) is 0 Å². The van der Waals surface area contributed by atoms with Gasteiger partial charge in [-0.15, -0.1) is 0 Å². The zero-order valence-corrected chi connectivity index (χ0v) is 13.1. The van der Waals surface area contributed by atoms with E-state index in [0.717, 1.165) is 36.4 Å². The minimum absolute atomic E-state index is 0.103. The molecule has 22 heavy (non-hydrogen) atoms. The number of carbonyl (C=O) groups excluding carboxylic acids is 1. The third kappa shape index (κ3) is 2.77. The summed E-state index contributed by atoms with van der Waals surface area (Å²) in [7, 11) is 0. The lowest BCUT2D eigenvalue weighted by atomic mass is 9.84. The normalized spacial score (nSPS) is 26.2. The Kier molecular flexibility index (Phi) is 4.52. The number of esters is 1. The van der Waals surface area contributed by atoms with E-state index in [0.29, 0.717) is 6.61 Å². The monoisotopic (exact) mass is 305 g/mol. The number of rotatable bonds is 5. The number of nitrogens with one attached hydrogen (secondary N) is 1. The summed E-state index contributed by atoms with van der Waals surface area (Å²) in [4.78, 5) is 12.4. The molecule has 0 aromatic heterocycles. The third-order valence-corrected chi connectivity index (χ3v) is 4.45. The molecule has 3 atom stereocenters. The quantitative estimate of drug-likeness (QED) is 0.847. The molecule has 0 radical (unpaired) electrons. The van der Waals surface area contributed by atoms with Gasteiger partial charge in [-0.1, -0.05) is 19.4 Å². The predicted octanol–water partition coefficient (Wildman–Crippen LogP) is 2.45. The van der Waals surface area contributed by atoms with E-state index in [1.54, 1.807) is 0 Å². The van der Waals surface area contributed by atoms with Crippen molar-refractivity contribution >= 4 is 5.97 Å². The first-order valence-electron chi connectivity index (χ1n) is 8.04. The molecule has 0 aliphatic carbocycles. The largest absolute Gasteiger partial charge is 0.466 e. The minimum atomic E-state index is -0.139. The van der Waals surface area contributed by atoms with E-state index < -0.39 is 0 Å². The molecule has 1 fully saturated rings. The molecule has 0 spiro atoms. The van der Waals surface area contributed by atoms with Crippen LogP contribution in [-0.2, 0) is 9.53 Å². The fourth-order valence-corrected chi connectivity index (χ4v) is 3.44. The van der Waals surface area contributed by atoms with Crippen molar-refractivity contribution in [3.8, 4) is 11.5 Å². The van der Waals surface area contributed by atoms with E-state index in [9.17, 15) is 4.79 Å². The van der Waals surface area contributed by atoms with Crippen molar-refractivity contribution in [2.45, 2.75) is 38.6 Å². The van der Waals surface area contributed by atoms with E-state index in [2.05, 4.69) is 12.2 Å². The highest BCUT2D eigenvalue weighted by atomic mass is 16.7. The summed E-state index contributed by atoms with van der Waals surface area (Å²) < 4.78 is 16.1. The SMILES string of the molecule is CCCC1NCC(c2ccc3c(c2)OCO3)C1C(=O)OCC. The molecule has 1 N–H and O–H groups in total. The fraction of sp³-hybridized carbons (Fsp3) is 0.588. The maximum atomic E-state index is 12.4.